The summed E-state index contributed by atoms with van der Waals surface area (Å²) in [4.78, 5) is 0.0973. The van der Waals surface area contributed by atoms with Crippen molar-refractivity contribution in [2.45, 2.75) is 37.5 Å². The van der Waals surface area contributed by atoms with E-state index in [0.29, 0.717) is 5.69 Å². The van der Waals surface area contributed by atoms with Crippen LogP contribution in [0.5, 0.6) is 0 Å². The number of nitrogens with one attached hydrogen (secondary N) is 1. The van der Waals surface area contributed by atoms with E-state index in [1.165, 1.54) is 6.20 Å². The zero-order valence-electron chi connectivity index (χ0n) is 8.12. The van der Waals surface area contributed by atoms with Crippen LogP contribution in [-0.4, -0.2) is 18.6 Å². The first kappa shape index (κ1) is 11.5. The highest BCUT2D eigenvalue weighted by atomic mass is 35.7. The Bertz CT molecular complexity index is 399. The molecule has 14 heavy (non-hydrogen) atoms. The van der Waals surface area contributed by atoms with Gasteiger partial charge in [0.1, 0.15) is 4.90 Å². The van der Waals surface area contributed by atoms with Crippen LogP contribution in [0.4, 0.5) is 0 Å². The van der Waals surface area contributed by atoms with E-state index in [-0.39, 0.29) is 10.8 Å². The molecule has 1 rings (SSSR count). The van der Waals surface area contributed by atoms with Gasteiger partial charge in [-0.1, -0.05) is 20.3 Å². The van der Waals surface area contributed by atoms with Gasteiger partial charge in [0, 0.05) is 10.7 Å². The van der Waals surface area contributed by atoms with Crippen molar-refractivity contribution in [2.75, 3.05) is 0 Å². The summed E-state index contributed by atoms with van der Waals surface area (Å²) < 4.78 is 22.3. The summed E-state index contributed by atoms with van der Waals surface area (Å²) in [5, 5.41) is 6.39. The highest BCUT2D eigenvalue weighted by Gasteiger charge is 2.21. The number of nitrogens with zero attached hydrogens (tertiary/aromatic N) is 1. The number of aromatic nitrogens is 2. The second kappa shape index (κ2) is 4.31. The van der Waals surface area contributed by atoms with E-state index in [1.54, 1.807) is 0 Å². The van der Waals surface area contributed by atoms with Crippen molar-refractivity contribution in [1.29, 1.82) is 0 Å². The average molecular weight is 237 g/mol. The number of hydrogen-bond acceptors (Lipinski definition) is 3. The Balaban J connectivity index is 3.05. The van der Waals surface area contributed by atoms with E-state index >= 15 is 0 Å². The number of aromatic amines is 1. The van der Waals surface area contributed by atoms with Gasteiger partial charge in [0.05, 0.1) is 11.9 Å². The monoisotopic (exact) mass is 236 g/mol. The van der Waals surface area contributed by atoms with Crippen LogP contribution in [0.3, 0.4) is 0 Å². The van der Waals surface area contributed by atoms with Gasteiger partial charge < -0.3 is 0 Å². The van der Waals surface area contributed by atoms with Crippen molar-refractivity contribution in [3.05, 3.63) is 11.9 Å². The minimum absolute atomic E-state index is 0.0973. The normalized spacial score (nSPS) is 14.2. The largest absolute Gasteiger partial charge is 0.281 e. The Hall–Kier alpha value is -0.550. The minimum atomic E-state index is -3.68. The van der Waals surface area contributed by atoms with Gasteiger partial charge in [0.15, 0.2) is 0 Å². The molecule has 1 N–H and O–H groups in total. The fraction of sp³-hybridized carbons (Fsp3) is 0.625. The smallest absolute Gasteiger partial charge is 0.264 e. The number of hydrogen-bond donors (Lipinski definition) is 1. The van der Waals surface area contributed by atoms with Crippen molar-refractivity contribution in [3.8, 4) is 0 Å². The van der Waals surface area contributed by atoms with Gasteiger partial charge in [-0.25, -0.2) is 8.42 Å². The van der Waals surface area contributed by atoms with E-state index in [9.17, 15) is 8.42 Å². The zero-order valence-corrected chi connectivity index (χ0v) is 9.69. The summed E-state index contributed by atoms with van der Waals surface area (Å²) >= 11 is 0. The molecule has 0 bridgehead atoms. The Labute approximate surface area is 88.1 Å². The second-order valence-electron chi connectivity index (χ2n) is 3.28. The average Bonchev–Trinajstić information content (AvgIpc) is 2.50. The quantitative estimate of drug-likeness (QED) is 0.816. The molecular formula is C8H13ClN2O2S. The predicted octanol–water partition coefficient (Wildman–Crippen LogP) is 2.24. The molecule has 0 radical (unpaired) electrons. The lowest BCUT2D eigenvalue weighted by Gasteiger charge is -2.08. The summed E-state index contributed by atoms with van der Waals surface area (Å²) in [5.74, 6) is 0.131. The third kappa shape index (κ3) is 2.48. The van der Waals surface area contributed by atoms with Crippen LogP contribution in [0.25, 0.3) is 0 Å². The maximum absolute atomic E-state index is 11.1. The molecule has 0 aliphatic carbocycles. The van der Waals surface area contributed by atoms with Crippen molar-refractivity contribution in [3.63, 3.8) is 0 Å². The van der Waals surface area contributed by atoms with Crippen LogP contribution in [0, 0.1) is 0 Å². The molecule has 0 aromatic carbocycles. The van der Waals surface area contributed by atoms with E-state index < -0.39 is 9.05 Å². The van der Waals surface area contributed by atoms with E-state index in [2.05, 4.69) is 10.2 Å². The third-order valence-electron chi connectivity index (χ3n) is 2.11. The molecule has 1 unspecified atom stereocenters. The molecule has 0 aliphatic heterocycles. The standard InChI is InChI=1S/C8H13ClN2O2S/c1-3-4-6(2)8-7(5-10-11-8)14(9,12)13/h5-6H,3-4H2,1-2H3,(H,10,11). The highest BCUT2D eigenvalue weighted by Crippen LogP contribution is 2.26. The third-order valence-corrected chi connectivity index (χ3v) is 3.46. The van der Waals surface area contributed by atoms with Crippen molar-refractivity contribution in [1.82, 2.24) is 10.2 Å². The maximum Gasteiger partial charge on any atom is 0.264 e. The first-order chi connectivity index (χ1) is 6.46. The predicted molar refractivity (Wildman–Crippen MR) is 54.9 cm³/mol. The molecule has 1 aromatic rings. The summed E-state index contributed by atoms with van der Waals surface area (Å²) in [7, 11) is 1.59. The topological polar surface area (TPSA) is 62.8 Å². The molecule has 1 heterocycles. The molecule has 0 saturated carbocycles. The maximum atomic E-state index is 11.1. The van der Waals surface area contributed by atoms with Crippen LogP contribution < -0.4 is 0 Å². The molecule has 1 atom stereocenters. The molecule has 0 amide bonds. The van der Waals surface area contributed by atoms with Crippen LogP contribution in [-0.2, 0) is 9.05 Å². The molecule has 0 fully saturated rings. The number of halogens is 1. The van der Waals surface area contributed by atoms with E-state index in [4.69, 9.17) is 10.7 Å². The van der Waals surface area contributed by atoms with E-state index in [0.717, 1.165) is 12.8 Å². The fourth-order valence-electron chi connectivity index (χ4n) is 1.41. The molecule has 4 nitrogen and oxygen atoms in total. The van der Waals surface area contributed by atoms with Gasteiger partial charge in [-0.15, -0.1) is 0 Å². The molecule has 6 heteroatoms. The van der Waals surface area contributed by atoms with Crippen molar-refractivity contribution >= 4 is 19.7 Å². The molecule has 0 saturated heterocycles. The number of rotatable bonds is 4. The van der Waals surface area contributed by atoms with Gasteiger partial charge >= 0.3 is 0 Å². The first-order valence-electron chi connectivity index (χ1n) is 4.44. The van der Waals surface area contributed by atoms with Gasteiger partial charge in [-0.3, -0.25) is 5.10 Å². The van der Waals surface area contributed by atoms with Crippen LogP contribution in [0.15, 0.2) is 11.1 Å². The lowest BCUT2D eigenvalue weighted by molar-refractivity contribution is 0.600. The Morgan fingerprint density at radius 1 is 1.64 bits per heavy atom. The summed E-state index contributed by atoms with van der Waals surface area (Å²) in [6.45, 7) is 3.99. The van der Waals surface area contributed by atoms with Crippen molar-refractivity contribution in [2.24, 2.45) is 0 Å². The van der Waals surface area contributed by atoms with Gasteiger partial charge in [0.25, 0.3) is 9.05 Å². The SMILES string of the molecule is CCCC(C)c1[nH]ncc1S(=O)(=O)Cl. The van der Waals surface area contributed by atoms with E-state index in [1.807, 2.05) is 13.8 Å². The lowest BCUT2D eigenvalue weighted by Crippen LogP contribution is -2.00. The molecule has 0 spiro atoms. The minimum Gasteiger partial charge on any atom is -0.281 e. The highest BCUT2D eigenvalue weighted by molar-refractivity contribution is 8.13. The first-order valence-corrected chi connectivity index (χ1v) is 6.75. The van der Waals surface area contributed by atoms with Crippen LogP contribution >= 0.6 is 10.7 Å². The van der Waals surface area contributed by atoms with Gasteiger partial charge in [-0.05, 0) is 12.3 Å². The summed E-state index contributed by atoms with van der Waals surface area (Å²) in [5.41, 5.74) is 0.599. The molecule has 1 aromatic heterocycles. The van der Waals surface area contributed by atoms with Crippen molar-refractivity contribution < 1.29 is 8.42 Å². The Morgan fingerprint density at radius 2 is 2.29 bits per heavy atom. The Morgan fingerprint density at radius 3 is 2.79 bits per heavy atom. The number of H-pyrrole nitrogens is 1. The molecular weight excluding hydrogens is 224 g/mol. The Kier molecular flexibility index (Phi) is 3.55. The molecule has 0 aliphatic rings. The summed E-state index contributed by atoms with van der Waals surface area (Å²) in [6, 6.07) is 0. The zero-order chi connectivity index (χ0) is 10.8. The lowest BCUT2D eigenvalue weighted by atomic mass is 10.0. The molecule has 80 valence electrons. The van der Waals surface area contributed by atoms with Crippen LogP contribution in [0.1, 0.15) is 38.3 Å². The second-order valence-corrected chi connectivity index (χ2v) is 5.81. The van der Waals surface area contributed by atoms with Crippen LogP contribution in [0.2, 0.25) is 0 Å². The van der Waals surface area contributed by atoms with Gasteiger partial charge in [0.2, 0.25) is 0 Å². The van der Waals surface area contributed by atoms with Gasteiger partial charge in [-0.2, -0.15) is 5.10 Å². The summed E-state index contributed by atoms with van der Waals surface area (Å²) in [6.07, 6.45) is 3.15. The fourth-order valence-corrected chi connectivity index (χ4v) is 2.47.